The highest BCUT2D eigenvalue weighted by Crippen LogP contribution is 2.36. The second kappa shape index (κ2) is 5.87. The van der Waals surface area contributed by atoms with E-state index in [1.165, 1.54) is 45.3 Å². The van der Waals surface area contributed by atoms with Gasteiger partial charge in [0.05, 0.1) is 6.10 Å². The van der Waals surface area contributed by atoms with Crippen LogP contribution in [0.4, 0.5) is 0 Å². The Hall–Kier alpha value is 0.170. The first-order valence-corrected chi connectivity index (χ1v) is 6.97. The Morgan fingerprint density at radius 3 is 2.41 bits per heavy atom. The molecule has 0 saturated carbocycles. The van der Waals surface area contributed by atoms with Gasteiger partial charge in [-0.15, -0.1) is 12.4 Å². The van der Waals surface area contributed by atoms with Crippen LogP contribution in [0.3, 0.4) is 0 Å². The van der Waals surface area contributed by atoms with Gasteiger partial charge in [-0.25, -0.2) is 0 Å². The third kappa shape index (κ3) is 2.95. The van der Waals surface area contributed by atoms with Gasteiger partial charge in [0.2, 0.25) is 0 Å². The van der Waals surface area contributed by atoms with Gasteiger partial charge in [0.1, 0.15) is 0 Å². The monoisotopic (exact) mass is 260 g/mol. The lowest BCUT2D eigenvalue weighted by molar-refractivity contribution is 0.0248. The molecule has 0 aromatic carbocycles. The molecule has 4 heteroatoms. The largest absolute Gasteiger partial charge is 0.393 e. The summed E-state index contributed by atoms with van der Waals surface area (Å²) in [6, 6.07) is 1.38. The molecule has 2 N–H and O–H groups in total. The standard InChI is InChI=1S/C13H24N2O.ClH/c16-13-6-11-3-4-12(7-13)15(11)9-10-2-1-5-14-8-10;/h10-14,16H,1-9H2;1H. The van der Waals surface area contributed by atoms with Crippen molar-refractivity contribution >= 4 is 12.4 Å². The molecule has 2 bridgehead atoms. The summed E-state index contributed by atoms with van der Waals surface area (Å²) in [6.07, 6.45) is 7.41. The number of rotatable bonds is 2. The fraction of sp³-hybridized carbons (Fsp3) is 1.00. The minimum absolute atomic E-state index is 0. The molecule has 0 aliphatic carbocycles. The second-order valence-corrected chi connectivity index (χ2v) is 5.92. The van der Waals surface area contributed by atoms with E-state index in [2.05, 4.69) is 10.2 Å². The van der Waals surface area contributed by atoms with Crippen molar-refractivity contribution in [3.63, 3.8) is 0 Å². The number of nitrogens with zero attached hydrogens (tertiary/aromatic N) is 1. The zero-order valence-corrected chi connectivity index (χ0v) is 11.3. The van der Waals surface area contributed by atoms with E-state index < -0.39 is 0 Å². The Morgan fingerprint density at radius 1 is 1.12 bits per heavy atom. The summed E-state index contributed by atoms with van der Waals surface area (Å²) in [6.45, 7) is 3.69. The summed E-state index contributed by atoms with van der Waals surface area (Å²) in [5, 5.41) is 13.3. The molecule has 0 aromatic heterocycles. The van der Waals surface area contributed by atoms with E-state index in [9.17, 15) is 5.11 Å². The van der Waals surface area contributed by atoms with Crippen molar-refractivity contribution < 1.29 is 5.11 Å². The maximum absolute atomic E-state index is 9.77. The van der Waals surface area contributed by atoms with Gasteiger partial charge in [-0.2, -0.15) is 0 Å². The molecule has 0 radical (unpaired) electrons. The van der Waals surface area contributed by atoms with Crippen LogP contribution >= 0.6 is 12.4 Å². The van der Waals surface area contributed by atoms with Crippen molar-refractivity contribution in [2.75, 3.05) is 19.6 Å². The van der Waals surface area contributed by atoms with E-state index in [-0.39, 0.29) is 18.5 Å². The number of hydrogen-bond donors (Lipinski definition) is 2. The lowest BCUT2D eigenvalue weighted by Crippen LogP contribution is -2.48. The van der Waals surface area contributed by atoms with Crippen LogP contribution < -0.4 is 5.32 Å². The number of aliphatic hydroxyl groups excluding tert-OH is 1. The Morgan fingerprint density at radius 2 is 1.82 bits per heavy atom. The summed E-state index contributed by atoms with van der Waals surface area (Å²) in [7, 11) is 0. The van der Waals surface area contributed by atoms with E-state index >= 15 is 0 Å². The molecule has 3 nitrogen and oxygen atoms in total. The van der Waals surface area contributed by atoms with Gasteiger partial charge in [0.15, 0.2) is 0 Å². The van der Waals surface area contributed by atoms with Crippen LogP contribution in [0.15, 0.2) is 0 Å². The summed E-state index contributed by atoms with van der Waals surface area (Å²) in [5.74, 6) is 0.854. The van der Waals surface area contributed by atoms with Gasteiger partial charge in [-0.3, -0.25) is 4.90 Å². The Kier molecular flexibility index (Phi) is 4.70. The number of nitrogens with one attached hydrogen (secondary N) is 1. The van der Waals surface area contributed by atoms with Gasteiger partial charge in [0.25, 0.3) is 0 Å². The molecule has 3 saturated heterocycles. The minimum atomic E-state index is -0.0155. The molecule has 3 heterocycles. The fourth-order valence-corrected chi connectivity index (χ4v) is 3.92. The van der Waals surface area contributed by atoms with Gasteiger partial charge < -0.3 is 10.4 Å². The van der Waals surface area contributed by atoms with Crippen molar-refractivity contribution in [2.45, 2.75) is 56.7 Å². The first-order valence-electron chi connectivity index (χ1n) is 6.97. The summed E-state index contributed by atoms with van der Waals surface area (Å²) >= 11 is 0. The number of hydrogen-bond acceptors (Lipinski definition) is 3. The summed E-state index contributed by atoms with van der Waals surface area (Å²) < 4.78 is 0. The SMILES string of the molecule is Cl.OC1CC2CCC(C1)N2CC1CCCNC1. The van der Waals surface area contributed by atoms with Gasteiger partial charge in [0, 0.05) is 18.6 Å². The van der Waals surface area contributed by atoms with Crippen LogP contribution in [-0.4, -0.2) is 47.8 Å². The molecule has 3 fully saturated rings. The smallest absolute Gasteiger partial charge is 0.0570 e. The molecule has 3 unspecified atom stereocenters. The maximum atomic E-state index is 9.77. The molecule has 0 amide bonds. The molecule has 3 atom stereocenters. The second-order valence-electron chi connectivity index (χ2n) is 5.92. The molecular formula is C13H25ClN2O. The average molecular weight is 261 g/mol. The van der Waals surface area contributed by atoms with Crippen LogP contribution in [0.1, 0.15) is 38.5 Å². The van der Waals surface area contributed by atoms with Crippen molar-refractivity contribution in [1.82, 2.24) is 10.2 Å². The van der Waals surface area contributed by atoms with E-state index in [0.717, 1.165) is 18.8 Å². The molecular weight excluding hydrogens is 236 g/mol. The lowest BCUT2D eigenvalue weighted by atomic mass is 9.94. The zero-order chi connectivity index (χ0) is 11.0. The first kappa shape index (κ1) is 13.6. The third-order valence-corrected chi connectivity index (χ3v) is 4.73. The Bertz CT molecular complexity index is 232. The van der Waals surface area contributed by atoms with Crippen molar-refractivity contribution in [2.24, 2.45) is 5.92 Å². The van der Waals surface area contributed by atoms with Crippen LogP contribution in [0.25, 0.3) is 0 Å². The lowest BCUT2D eigenvalue weighted by Gasteiger charge is -2.40. The normalized spacial score (nSPS) is 42.2. The van der Waals surface area contributed by atoms with Gasteiger partial charge in [-0.1, -0.05) is 0 Å². The summed E-state index contributed by atoms with van der Waals surface area (Å²) in [4.78, 5) is 2.71. The highest BCUT2D eigenvalue weighted by molar-refractivity contribution is 5.85. The molecule has 3 aliphatic rings. The van der Waals surface area contributed by atoms with E-state index in [4.69, 9.17) is 0 Å². The quantitative estimate of drug-likeness (QED) is 0.788. The van der Waals surface area contributed by atoms with Crippen LogP contribution in [0, 0.1) is 5.92 Å². The van der Waals surface area contributed by atoms with E-state index in [1.807, 2.05) is 0 Å². The van der Waals surface area contributed by atoms with Gasteiger partial charge >= 0.3 is 0 Å². The first-order chi connectivity index (χ1) is 7.83. The molecule has 3 rings (SSSR count). The number of halogens is 1. The molecule has 0 spiro atoms. The van der Waals surface area contributed by atoms with Crippen LogP contribution in [0.5, 0.6) is 0 Å². The Balaban J connectivity index is 0.00000108. The zero-order valence-electron chi connectivity index (χ0n) is 10.5. The van der Waals surface area contributed by atoms with E-state index in [0.29, 0.717) is 12.1 Å². The van der Waals surface area contributed by atoms with Crippen LogP contribution in [0.2, 0.25) is 0 Å². The van der Waals surface area contributed by atoms with Gasteiger partial charge in [-0.05, 0) is 57.5 Å². The Labute approximate surface area is 110 Å². The van der Waals surface area contributed by atoms with E-state index in [1.54, 1.807) is 0 Å². The average Bonchev–Trinajstić information content (AvgIpc) is 2.54. The number of fused-ring (bicyclic) bond motifs is 2. The number of aliphatic hydroxyl groups is 1. The molecule has 0 aromatic rings. The highest BCUT2D eigenvalue weighted by Gasteiger charge is 2.40. The predicted octanol–water partition coefficient (Wildman–Crippen LogP) is 1.40. The topological polar surface area (TPSA) is 35.5 Å². The predicted molar refractivity (Wildman–Crippen MR) is 71.6 cm³/mol. The molecule has 100 valence electrons. The maximum Gasteiger partial charge on any atom is 0.0570 e. The summed E-state index contributed by atoms with van der Waals surface area (Å²) in [5.41, 5.74) is 0. The minimum Gasteiger partial charge on any atom is -0.393 e. The fourth-order valence-electron chi connectivity index (χ4n) is 3.92. The van der Waals surface area contributed by atoms with Crippen molar-refractivity contribution in [1.29, 1.82) is 0 Å². The van der Waals surface area contributed by atoms with Crippen molar-refractivity contribution in [3.05, 3.63) is 0 Å². The molecule has 17 heavy (non-hydrogen) atoms. The highest BCUT2D eigenvalue weighted by atomic mass is 35.5. The molecule has 3 aliphatic heterocycles. The number of piperidine rings is 2. The third-order valence-electron chi connectivity index (χ3n) is 4.73. The van der Waals surface area contributed by atoms with Crippen LogP contribution in [-0.2, 0) is 0 Å². The van der Waals surface area contributed by atoms with Crippen molar-refractivity contribution in [3.8, 4) is 0 Å².